The number of hydrogen-bond acceptors (Lipinski definition) is 5. The van der Waals surface area contributed by atoms with Crippen LogP contribution in [-0.2, 0) is 31.1 Å². The molecule has 3 rings (SSSR count). The van der Waals surface area contributed by atoms with Gasteiger partial charge in [-0.15, -0.1) is 0 Å². The molecule has 1 aromatic heterocycles. The molecule has 0 saturated carbocycles. The second-order valence-electron chi connectivity index (χ2n) is 8.69. The number of carbonyl (C=O) groups is 2. The van der Waals surface area contributed by atoms with Gasteiger partial charge in [-0.2, -0.15) is 26.3 Å². The Morgan fingerprint density at radius 2 is 1.69 bits per heavy atom. The van der Waals surface area contributed by atoms with E-state index in [9.17, 15) is 53.1 Å². The zero-order valence-corrected chi connectivity index (χ0v) is 20.6. The summed E-state index contributed by atoms with van der Waals surface area (Å²) in [5.74, 6) is -3.46. The summed E-state index contributed by atoms with van der Waals surface area (Å²) in [5, 5.41) is 3.88. The molecule has 0 aliphatic carbocycles. The SMILES string of the molecule is CS(=O)(=O)CC(=O)NCC1=C(c2ccc(C(F)F)cn2)CC(c2ccc(C(F)(F)F)cc2)(C(F)(F)F)NC1=O. The van der Waals surface area contributed by atoms with Crippen LogP contribution in [0.3, 0.4) is 0 Å². The lowest BCUT2D eigenvalue weighted by Gasteiger charge is -2.41. The minimum Gasteiger partial charge on any atom is -0.351 e. The fraction of sp³-hybridized carbons (Fsp3) is 0.348. The maximum atomic E-state index is 14.6. The Balaban J connectivity index is 2.15. The van der Waals surface area contributed by atoms with Crippen LogP contribution in [0.1, 0.15) is 35.2 Å². The third kappa shape index (κ3) is 6.72. The van der Waals surface area contributed by atoms with E-state index in [-0.39, 0.29) is 5.69 Å². The van der Waals surface area contributed by atoms with Crippen molar-refractivity contribution in [1.29, 1.82) is 0 Å². The molecule has 212 valence electrons. The number of rotatable bonds is 7. The van der Waals surface area contributed by atoms with Crippen molar-refractivity contribution in [2.24, 2.45) is 0 Å². The van der Waals surface area contributed by atoms with Crippen LogP contribution in [0.25, 0.3) is 5.57 Å². The second-order valence-corrected chi connectivity index (χ2v) is 10.8. The van der Waals surface area contributed by atoms with E-state index in [1.165, 1.54) is 0 Å². The zero-order chi connectivity index (χ0) is 29.4. The lowest BCUT2D eigenvalue weighted by atomic mass is 9.77. The van der Waals surface area contributed by atoms with Gasteiger partial charge in [0.1, 0.15) is 5.75 Å². The fourth-order valence-electron chi connectivity index (χ4n) is 3.90. The van der Waals surface area contributed by atoms with Crippen molar-refractivity contribution >= 4 is 27.2 Å². The van der Waals surface area contributed by atoms with Crippen molar-refractivity contribution in [2.75, 3.05) is 18.6 Å². The molecule has 2 amide bonds. The summed E-state index contributed by atoms with van der Waals surface area (Å²) in [4.78, 5) is 28.8. The van der Waals surface area contributed by atoms with E-state index in [2.05, 4.69) is 10.3 Å². The summed E-state index contributed by atoms with van der Waals surface area (Å²) >= 11 is 0. The largest absolute Gasteiger partial charge is 0.416 e. The Morgan fingerprint density at radius 1 is 1.08 bits per heavy atom. The van der Waals surface area contributed by atoms with E-state index in [1.54, 1.807) is 5.32 Å². The van der Waals surface area contributed by atoms with E-state index >= 15 is 0 Å². The summed E-state index contributed by atoms with van der Waals surface area (Å²) in [5.41, 5.74) is -7.10. The van der Waals surface area contributed by atoms with Gasteiger partial charge in [-0.05, 0) is 35.4 Å². The van der Waals surface area contributed by atoms with Crippen molar-refractivity contribution in [3.63, 3.8) is 0 Å². The Hall–Kier alpha value is -3.56. The first-order chi connectivity index (χ1) is 17.8. The second kappa shape index (κ2) is 10.5. The number of hydrogen-bond donors (Lipinski definition) is 2. The van der Waals surface area contributed by atoms with Gasteiger partial charge in [-0.25, -0.2) is 17.2 Å². The molecule has 1 atom stereocenters. The van der Waals surface area contributed by atoms with Gasteiger partial charge in [0.05, 0.1) is 11.3 Å². The normalized spacial score (nSPS) is 18.8. The number of sulfone groups is 1. The van der Waals surface area contributed by atoms with Crippen LogP contribution in [0.5, 0.6) is 0 Å². The van der Waals surface area contributed by atoms with E-state index in [0.717, 1.165) is 18.4 Å². The van der Waals surface area contributed by atoms with Crippen LogP contribution in [0.2, 0.25) is 0 Å². The van der Waals surface area contributed by atoms with Gasteiger partial charge < -0.3 is 10.6 Å². The molecular weight excluding hydrogens is 566 g/mol. The summed E-state index contributed by atoms with van der Waals surface area (Å²) in [6, 6.07) is 3.73. The fourth-order valence-corrected chi connectivity index (χ4v) is 4.47. The molecule has 2 heterocycles. The van der Waals surface area contributed by atoms with Gasteiger partial charge in [-0.3, -0.25) is 14.6 Å². The number of aromatic nitrogens is 1. The molecule has 1 aliphatic rings. The molecule has 0 spiro atoms. The van der Waals surface area contributed by atoms with Crippen molar-refractivity contribution in [1.82, 2.24) is 15.6 Å². The molecule has 39 heavy (non-hydrogen) atoms. The lowest BCUT2D eigenvalue weighted by molar-refractivity contribution is -0.201. The number of halogens is 8. The van der Waals surface area contributed by atoms with Crippen LogP contribution >= 0.6 is 0 Å². The summed E-state index contributed by atoms with van der Waals surface area (Å²) < 4.78 is 131. The van der Waals surface area contributed by atoms with Gasteiger partial charge in [-0.1, -0.05) is 12.1 Å². The summed E-state index contributed by atoms with van der Waals surface area (Å²) in [6.07, 6.45) is -12.8. The van der Waals surface area contributed by atoms with Crippen LogP contribution in [0.15, 0.2) is 48.2 Å². The quantitative estimate of drug-likeness (QED) is 0.480. The standard InChI is InChI=1S/C23H19F8N3O4S/c1-39(37,38)11-18(35)33-10-16-15(17-7-2-12(9-32-17)19(24)25)8-21(23(29,30)31,34-20(16)36)13-3-5-14(6-4-13)22(26,27)28/h2-7,9,19H,8,10-11H2,1H3,(H,33,35)(H,34,36). The Kier molecular flexibility index (Phi) is 8.11. The summed E-state index contributed by atoms with van der Waals surface area (Å²) in [6.45, 7) is -0.755. The molecule has 0 radical (unpaired) electrons. The van der Waals surface area contributed by atoms with Gasteiger partial charge in [0.2, 0.25) is 11.8 Å². The monoisotopic (exact) mass is 585 g/mol. The topological polar surface area (TPSA) is 105 Å². The predicted molar refractivity (Wildman–Crippen MR) is 121 cm³/mol. The minimum atomic E-state index is -5.28. The number of amides is 2. The molecule has 2 N–H and O–H groups in total. The molecule has 0 saturated heterocycles. The van der Waals surface area contributed by atoms with E-state index in [0.29, 0.717) is 30.5 Å². The molecule has 0 fully saturated rings. The average molecular weight is 585 g/mol. The Morgan fingerprint density at radius 3 is 2.15 bits per heavy atom. The van der Waals surface area contributed by atoms with Gasteiger partial charge in [0, 0.05) is 36.6 Å². The Labute approximate surface area is 216 Å². The molecule has 2 aromatic rings. The number of nitrogens with one attached hydrogen (secondary N) is 2. The van der Waals surface area contributed by atoms with Gasteiger partial charge >= 0.3 is 12.4 Å². The highest BCUT2D eigenvalue weighted by Crippen LogP contribution is 2.48. The van der Waals surface area contributed by atoms with Crippen molar-refractivity contribution in [3.05, 3.63) is 70.6 Å². The van der Waals surface area contributed by atoms with Crippen molar-refractivity contribution in [3.8, 4) is 0 Å². The molecule has 7 nitrogen and oxygen atoms in total. The van der Waals surface area contributed by atoms with E-state index in [4.69, 9.17) is 0 Å². The Bertz CT molecular complexity index is 1390. The van der Waals surface area contributed by atoms with E-state index in [1.807, 2.05) is 0 Å². The highest BCUT2D eigenvalue weighted by Gasteiger charge is 2.59. The number of pyridine rings is 1. The molecule has 1 aliphatic heterocycles. The average Bonchev–Trinajstić information content (AvgIpc) is 2.80. The summed E-state index contributed by atoms with van der Waals surface area (Å²) in [7, 11) is -3.80. The molecular formula is C23H19F8N3O4S. The van der Waals surface area contributed by atoms with Crippen molar-refractivity contribution < 1.29 is 53.1 Å². The number of benzene rings is 1. The first-order valence-electron chi connectivity index (χ1n) is 10.8. The van der Waals surface area contributed by atoms with Crippen LogP contribution in [-0.4, -0.2) is 49.9 Å². The first-order valence-corrected chi connectivity index (χ1v) is 12.9. The maximum absolute atomic E-state index is 14.6. The minimum absolute atomic E-state index is 0.345. The number of nitrogens with zero attached hydrogens (tertiary/aromatic N) is 1. The van der Waals surface area contributed by atoms with Crippen LogP contribution in [0, 0.1) is 0 Å². The lowest BCUT2D eigenvalue weighted by Crippen LogP contribution is -2.59. The molecule has 0 bridgehead atoms. The zero-order valence-electron chi connectivity index (χ0n) is 19.8. The van der Waals surface area contributed by atoms with Gasteiger partial charge in [0.25, 0.3) is 6.43 Å². The predicted octanol–water partition coefficient (Wildman–Crippen LogP) is 3.93. The van der Waals surface area contributed by atoms with Crippen molar-refractivity contribution in [2.45, 2.75) is 30.7 Å². The maximum Gasteiger partial charge on any atom is 0.416 e. The molecule has 1 unspecified atom stereocenters. The first kappa shape index (κ1) is 30.0. The molecule has 1 aromatic carbocycles. The highest BCUT2D eigenvalue weighted by atomic mass is 32.2. The van der Waals surface area contributed by atoms with E-state index < -0.39 is 92.5 Å². The third-order valence-corrected chi connectivity index (χ3v) is 6.59. The van der Waals surface area contributed by atoms with Gasteiger partial charge in [0.15, 0.2) is 15.4 Å². The van der Waals surface area contributed by atoms with Crippen LogP contribution < -0.4 is 10.6 Å². The smallest absolute Gasteiger partial charge is 0.351 e. The van der Waals surface area contributed by atoms with Crippen LogP contribution in [0.4, 0.5) is 35.1 Å². The number of carbonyl (C=O) groups excluding carboxylic acids is 2. The molecule has 16 heteroatoms. The third-order valence-electron chi connectivity index (χ3n) is 5.80. The highest BCUT2D eigenvalue weighted by molar-refractivity contribution is 7.91. The number of alkyl halides is 8.